The number of rotatable bonds is 7. The van der Waals surface area contributed by atoms with E-state index in [0.717, 1.165) is 34.4 Å². The number of aromatic nitrogens is 1. The van der Waals surface area contributed by atoms with Crippen molar-refractivity contribution in [3.05, 3.63) is 52.3 Å². The molecule has 0 amide bonds. The lowest BCUT2D eigenvalue weighted by Gasteiger charge is -2.21. The zero-order valence-corrected chi connectivity index (χ0v) is 18.9. The first-order chi connectivity index (χ1) is 12.2. The second kappa shape index (κ2) is 11.4. The molecule has 0 bridgehead atoms. The Morgan fingerprint density at radius 3 is 1.93 bits per heavy atom. The van der Waals surface area contributed by atoms with Gasteiger partial charge in [0.15, 0.2) is 0 Å². The fraction of sp³-hybridized carbons (Fsp3) is 0.455. The van der Waals surface area contributed by atoms with Gasteiger partial charge < -0.3 is 10.8 Å². The van der Waals surface area contributed by atoms with Crippen LogP contribution in [0.2, 0.25) is 0 Å². The van der Waals surface area contributed by atoms with Crippen molar-refractivity contribution in [2.75, 3.05) is 0 Å². The predicted molar refractivity (Wildman–Crippen MR) is 121 cm³/mol. The molecule has 0 aliphatic rings. The summed E-state index contributed by atoms with van der Waals surface area (Å²) in [5.41, 5.74) is 11.6. The summed E-state index contributed by atoms with van der Waals surface area (Å²) in [4.78, 5) is 17.0. The molecule has 0 radical (unpaired) electrons. The number of nitrogens with zero attached hydrogens (tertiary/aromatic N) is 1. The first kappa shape index (κ1) is 26.4. The molecular formula is C22H32Cl2N2O2. The van der Waals surface area contributed by atoms with Gasteiger partial charge in [-0.3, -0.25) is 4.98 Å². The van der Waals surface area contributed by atoms with E-state index in [1.165, 1.54) is 0 Å². The molecule has 0 saturated carbocycles. The van der Waals surface area contributed by atoms with E-state index in [0.29, 0.717) is 29.5 Å². The fourth-order valence-corrected chi connectivity index (χ4v) is 3.30. The molecule has 0 aliphatic heterocycles. The van der Waals surface area contributed by atoms with Crippen molar-refractivity contribution in [1.82, 2.24) is 4.98 Å². The van der Waals surface area contributed by atoms with E-state index in [4.69, 9.17) is 10.7 Å². The maximum absolute atomic E-state index is 12.2. The summed E-state index contributed by atoms with van der Waals surface area (Å²) in [6.07, 6.45) is 1.42. The summed E-state index contributed by atoms with van der Waals surface area (Å²) >= 11 is 0. The lowest BCUT2D eigenvalue weighted by molar-refractivity contribution is 0.0695. The van der Waals surface area contributed by atoms with Gasteiger partial charge in [0.25, 0.3) is 0 Å². The summed E-state index contributed by atoms with van der Waals surface area (Å²) < 4.78 is 0. The van der Waals surface area contributed by atoms with Gasteiger partial charge in [0.1, 0.15) is 0 Å². The molecule has 0 fully saturated rings. The molecule has 28 heavy (non-hydrogen) atoms. The molecule has 0 aliphatic carbocycles. The minimum atomic E-state index is -0.936. The van der Waals surface area contributed by atoms with Crippen LogP contribution in [-0.4, -0.2) is 16.1 Å². The van der Waals surface area contributed by atoms with Crippen LogP contribution in [0.5, 0.6) is 0 Å². The highest BCUT2D eigenvalue weighted by atomic mass is 35.5. The average molecular weight is 427 g/mol. The SMILES string of the molecule is Cc1ccc(-c2c(CN)c(CC(C)C)nc(CC(C)C)c2C(=O)O)cc1.Cl.Cl. The molecule has 0 spiro atoms. The fourth-order valence-electron chi connectivity index (χ4n) is 3.30. The monoisotopic (exact) mass is 426 g/mol. The Kier molecular flexibility index (Phi) is 10.7. The molecule has 6 heteroatoms. The quantitative estimate of drug-likeness (QED) is 0.616. The van der Waals surface area contributed by atoms with E-state index in [2.05, 4.69) is 27.7 Å². The van der Waals surface area contributed by atoms with Crippen molar-refractivity contribution < 1.29 is 9.90 Å². The molecule has 0 unspecified atom stereocenters. The number of nitrogens with two attached hydrogens (primary N) is 1. The number of aromatic carboxylic acids is 1. The lowest BCUT2D eigenvalue weighted by Crippen LogP contribution is -2.18. The minimum absolute atomic E-state index is 0. The van der Waals surface area contributed by atoms with Crippen LogP contribution in [0, 0.1) is 18.8 Å². The number of hydrogen-bond acceptors (Lipinski definition) is 3. The van der Waals surface area contributed by atoms with E-state index in [9.17, 15) is 9.90 Å². The summed E-state index contributed by atoms with van der Waals surface area (Å²) in [5.74, 6) is -0.196. The van der Waals surface area contributed by atoms with Crippen LogP contribution in [0.3, 0.4) is 0 Å². The van der Waals surface area contributed by atoms with E-state index < -0.39 is 5.97 Å². The van der Waals surface area contributed by atoms with Crippen molar-refractivity contribution in [2.45, 2.75) is 54.0 Å². The Bertz CT molecular complexity index is 788. The van der Waals surface area contributed by atoms with Crippen LogP contribution < -0.4 is 5.73 Å². The molecule has 4 nitrogen and oxygen atoms in total. The third-order valence-corrected chi connectivity index (χ3v) is 4.42. The largest absolute Gasteiger partial charge is 0.478 e. The highest BCUT2D eigenvalue weighted by Crippen LogP contribution is 2.33. The first-order valence-corrected chi connectivity index (χ1v) is 9.29. The molecule has 1 heterocycles. The number of carbonyl (C=O) groups is 1. The molecule has 0 saturated heterocycles. The van der Waals surface area contributed by atoms with Crippen LogP contribution in [-0.2, 0) is 19.4 Å². The Labute approximate surface area is 180 Å². The second-order valence-electron chi connectivity index (χ2n) is 7.80. The van der Waals surface area contributed by atoms with Crippen molar-refractivity contribution in [3.63, 3.8) is 0 Å². The molecule has 3 N–H and O–H groups in total. The van der Waals surface area contributed by atoms with Crippen LogP contribution >= 0.6 is 24.8 Å². The third-order valence-electron chi connectivity index (χ3n) is 4.42. The highest BCUT2D eigenvalue weighted by molar-refractivity contribution is 5.98. The zero-order chi connectivity index (χ0) is 19.4. The van der Waals surface area contributed by atoms with Crippen LogP contribution in [0.15, 0.2) is 24.3 Å². The number of aryl methyl sites for hydroxylation is 1. The van der Waals surface area contributed by atoms with Crippen molar-refractivity contribution >= 4 is 30.8 Å². The van der Waals surface area contributed by atoms with Crippen LogP contribution in [0.4, 0.5) is 0 Å². The van der Waals surface area contributed by atoms with Crippen LogP contribution in [0.25, 0.3) is 11.1 Å². The van der Waals surface area contributed by atoms with Gasteiger partial charge in [-0.1, -0.05) is 57.5 Å². The summed E-state index contributed by atoms with van der Waals surface area (Å²) in [6.45, 7) is 10.7. The predicted octanol–water partition coefficient (Wildman–Crippen LogP) is 5.45. The normalized spacial score (nSPS) is 10.6. The smallest absolute Gasteiger partial charge is 0.338 e. The Balaban J connectivity index is 0.00000364. The van der Waals surface area contributed by atoms with Gasteiger partial charge in [0.05, 0.1) is 11.3 Å². The maximum atomic E-state index is 12.2. The Morgan fingerprint density at radius 1 is 1.00 bits per heavy atom. The number of hydrogen-bond donors (Lipinski definition) is 2. The van der Waals surface area contributed by atoms with Gasteiger partial charge in [-0.25, -0.2) is 4.79 Å². The third kappa shape index (κ3) is 6.20. The molecular weight excluding hydrogens is 395 g/mol. The van der Waals surface area contributed by atoms with E-state index >= 15 is 0 Å². The number of carboxylic acids is 1. The standard InChI is InChI=1S/C22H30N2O2.2ClH/c1-13(2)10-18-17(12-23)20(16-8-6-15(5)7-9-16)21(22(25)26)19(24-18)11-14(3)4;;/h6-9,13-14H,10-12,23H2,1-5H3,(H,25,26);2*1H. The molecule has 2 aromatic rings. The van der Waals surface area contributed by atoms with Crippen LogP contribution in [0.1, 0.15) is 60.6 Å². The first-order valence-electron chi connectivity index (χ1n) is 9.29. The number of pyridine rings is 1. The Morgan fingerprint density at radius 2 is 1.50 bits per heavy atom. The average Bonchev–Trinajstić information content (AvgIpc) is 2.53. The van der Waals surface area contributed by atoms with Gasteiger partial charge in [0, 0.05) is 17.8 Å². The van der Waals surface area contributed by atoms with Gasteiger partial charge >= 0.3 is 5.97 Å². The zero-order valence-electron chi connectivity index (χ0n) is 17.3. The van der Waals surface area contributed by atoms with Gasteiger partial charge in [-0.15, -0.1) is 24.8 Å². The summed E-state index contributed by atoms with van der Waals surface area (Å²) in [6, 6.07) is 7.97. The molecule has 1 aromatic carbocycles. The van der Waals surface area contributed by atoms with Crippen molar-refractivity contribution in [2.24, 2.45) is 17.6 Å². The number of halogens is 2. The van der Waals surface area contributed by atoms with Gasteiger partial charge in [-0.05, 0) is 42.7 Å². The Hall–Kier alpha value is -1.62. The topological polar surface area (TPSA) is 76.2 Å². The maximum Gasteiger partial charge on any atom is 0.338 e. The van der Waals surface area contributed by atoms with E-state index in [-0.39, 0.29) is 31.4 Å². The molecule has 0 atom stereocenters. The van der Waals surface area contributed by atoms with Gasteiger partial charge in [0.2, 0.25) is 0 Å². The number of carboxylic acid groups (broad SMARTS) is 1. The molecule has 1 aromatic heterocycles. The summed E-state index contributed by atoms with van der Waals surface area (Å²) in [5, 5.41) is 9.99. The summed E-state index contributed by atoms with van der Waals surface area (Å²) in [7, 11) is 0. The van der Waals surface area contributed by atoms with Crippen molar-refractivity contribution in [1.29, 1.82) is 0 Å². The van der Waals surface area contributed by atoms with Crippen molar-refractivity contribution in [3.8, 4) is 11.1 Å². The lowest BCUT2D eigenvalue weighted by atomic mass is 9.88. The molecule has 2 rings (SSSR count). The van der Waals surface area contributed by atoms with E-state index in [1.54, 1.807) is 0 Å². The minimum Gasteiger partial charge on any atom is -0.478 e. The van der Waals surface area contributed by atoms with Gasteiger partial charge in [-0.2, -0.15) is 0 Å². The van der Waals surface area contributed by atoms with E-state index in [1.807, 2.05) is 31.2 Å². The number of benzene rings is 1. The highest BCUT2D eigenvalue weighted by Gasteiger charge is 2.25. The molecule has 156 valence electrons. The second-order valence-corrected chi connectivity index (χ2v) is 7.80.